The van der Waals surface area contributed by atoms with Crippen molar-refractivity contribution in [1.82, 2.24) is 15.1 Å². The standard InChI is InChI=1S/C30H31N3O5/c1-17-14-18(2)25(22(34)15-17)27-26-28(32-31-27)30(35)33(13-12-19-6-9-21(36-3)10-7-19)29(26)20-8-11-23(37-4)24(16-20)38-5/h6-11,14-16,29,34H,12-13H2,1-5H3,(H,31,32). The zero-order valence-electron chi connectivity index (χ0n) is 22.2. The Morgan fingerprint density at radius 1 is 0.947 bits per heavy atom. The lowest BCUT2D eigenvalue weighted by atomic mass is 9.93. The van der Waals surface area contributed by atoms with Crippen molar-refractivity contribution in [3.05, 3.63) is 88.1 Å². The van der Waals surface area contributed by atoms with Gasteiger partial charge in [0.25, 0.3) is 5.91 Å². The van der Waals surface area contributed by atoms with Gasteiger partial charge in [-0.15, -0.1) is 0 Å². The molecule has 1 unspecified atom stereocenters. The van der Waals surface area contributed by atoms with Gasteiger partial charge in [0.15, 0.2) is 11.5 Å². The molecule has 1 aliphatic heterocycles. The maximum atomic E-state index is 13.8. The molecular formula is C30H31N3O5. The minimum atomic E-state index is -0.440. The van der Waals surface area contributed by atoms with E-state index in [4.69, 9.17) is 14.2 Å². The van der Waals surface area contributed by atoms with E-state index < -0.39 is 6.04 Å². The molecule has 0 bridgehead atoms. The molecule has 0 radical (unpaired) electrons. The summed E-state index contributed by atoms with van der Waals surface area (Å²) in [4.78, 5) is 15.6. The predicted octanol–water partition coefficient (Wildman–Crippen LogP) is 5.21. The molecule has 2 N–H and O–H groups in total. The lowest BCUT2D eigenvalue weighted by Crippen LogP contribution is -2.31. The number of carbonyl (C=O) groups excluding carboxylic acids is 1. The lowest BCUT2D eigenvalue weighted by molar-refractivity contribution is 0.0745. The van der Waals surface area contributed by atoms with Gasteiger partial charge >= 0.3 is 0 Å². The minimum Gasteiger partial charge on any atom is -0.507 e. The van der Waals surface area contributed by atoms with Gasteiger partial charge in [0.05, 0.1) is 27.4 Å². The Morgan fingerprint density at radius 2 is 1.68 bits per heavy atom. The largest absolute Gasteiger partial charge is 0.507 e. The maximum Gasteiger partial charge on any atom is 0.273 e. The second-order valence-electron chi connectivity index (χ2n) is 9.45. The van der Waals surface area contributed by atoms with E-state index in [0.29, 0.717) is 41.4 Å². The molecule has 38 heavy (non-hydrogen) atoms. The molecule has 8 nitrogen and oxygen atoms in total. The number of carbonyl (C=O) groups is 1. The molecule has 0 aliphatic carbocycles. The number of H-pyrrole nitrogens is 1. The Labute approximate surface area is 221 Å². The summed E-state index contributed by atoms with van der Waals surface area (Å²) in [5.74, 6) is 1.95. The zero-order valence-corrected chi connectivity index (χ0v) is 22.2. The first kappa shape index (κ1) is 25.2. The van der Waals surface area contributed by atoms with E-state index in [2.05, 4.69) is 10.2 Å². The lowest BCUT2D eigenvalue weighted by Gasteiger charge is -2.27. The van der Waals surface area contributed by atoms with Crippen LogP contribution in [0.15, 0.2) is 54.6 Å². The highest BCUT2D eigenvalue weighted by Gasteiger charge is 2.42. The summed E-state index contributed by atoms with van der Waals surface area (Å²) < 4.78 is 16.3. The molecule has 0 saturated carbocycles. The van der Waals surface area contributed by atoms with Crippen LogP contribution in [0.3, 0.4) is 0 Å². The van der Waals surface area contributed by atoms with Gasteiger partial charge in [-0.2, -0.15) is 5.10 Å². The Hall–Kier alpha value is -4.46. The Morgan fingerprint density at radius 3 is 2.34 bits per heavy atom. The number of aromatic hydroxyl groups is 1. The molecule has 1 amide bonds. The third kappa shape index (κ3) is 4.32. The summed E-state index contributed by atoms with van der Waals surface area (Å²) in [6.45, 7) is 4.35. The van der Waals surface area contributed by atoms with Crippen molar-refractivity contribution < 1.29 is 24.1 Å². The first-order chi connectivity index (χ1) is 18.4. The van der Waals surface area contributed by atoms with Gasteiger partial charge in [0.1, 0.15) is 22.9 Å². The van der Waals surface area contributed by atoms with Crippen LogP contribution in [0.1, 0.15) is 44.3 Å². The van der Waals surface area contributed by atoms with Gasteiger partial charge in [-0.1, -0.05) is 24.3 Å². The van der Waals surface area contributed by atoms with Crippen LogP contribution in [0.2, 0.25) is 0 Å². The number of hydrogen-bond donors (Lipinski definition) is 2. The number of nitrogens with zero attached hydrogens (tertiary/aromatic N) is 2. The number of nitrogens with one attached hydrogen (secondary N) is 1. The summed E-state index contributed by atoms with van der Waals surface area (Å²) in [7, 11) is 4.82. The van der Waals surface area contributed by atoms with E-state index in [1.165, 1.54) is 0 Å². The second-order valence-corrected chi connectivity index (χ2v) is 9.45. The predicted molar refractivity (Wildman–Crippen MR) is 144 cm³/mol. The molecule has 5 rings (SSSR count). The smallest absolute Gasteiger partial charge is 0.273 e. The van der Waals surface area contributed by atoms with Crippen LogP contribution in [0.5, 0.6) is 23.0 Å². The van der Waals surface area contributed by atoms with Crippen LogP contribution in [0.4, 0.5) is 0 Å². The molecule has 0 saturated heterocycles. The van der Waals surface area contributed by atoms with E-state index in [-0.39, 0.29) is 11.7 Å². The Bertz CT molecular complexity index is 1470. The normalized spacial score (nSPS) is 14.5. The molecule has 1 aromatic heterocycles. The number of fused-ring (bicyclic) bond motifs is 1. The number of phenols is 1. The van der Waals surface area contributed by atoms with E-state index in [9.17, 15) is 9.90 Å². The van der Waals surface area contributed by atoms with Crippen LogP contribution < -0.4 is 14.2 Å². The molecular weight excluding hydrogens is 482 g/mol. The summed E-state index contributed by atoms with van der Waals surface area (Å²) in [6, 6.07) is 16.8. The fraction of sp³-hybridized carbons (Fsp3) is 0.267. The summed E-state index contributed by atoms with van der Waals surface area (Å²) in [5.41, 5.74) is 6.12. The second kappa shape index (κ2) is 10.1. The third-order valence-corrected chi connectivity index (χ3v) is 7.08. The zero-order chi connectivity index (χ0) is 27.0. The minimum absolute atomic E-state index is 0.131. The number of rotatable bonds is 8. The summed E-state index contributed by atoms with van der Waals surface area (Å²) >= 11 is 0. The Balaban J connectivity index is 1.61. The fourth-order valence-corrected chi connectivity index (χ4v) is 5.28. The number of ether oxygens (including phenoxy) is 3. The van der Waals surface area contributed by atoms with Gasteiger partial charge in [0.2, 0.25) is 0 Å². The topological polar surface area (TPSA) is 96.9 Å². The highest BCUT2D eigenvalue weighted by molar-refractivity contribution is 6.00. The number of aryl methyl sites for hydroxylation is 2. The summed E-state index contributed by atoms with van der Waals surface area (Å²) in [6.07, 6.45) is 0.654. The number of hydrogen-bond acceptors (Lipinski definition) is 6. The van der Waals surface area contributed by atoms with Crippen molar-refractivity contribution in [1.29, 1.82) is 0 Å². The number of phenolic OH excluding ortho intramolecular Hbond substituents is 1. The monoisotopic (exact) mass is 513 g/mol. The SMILES string of the molecule is COc1ccc(CCN2C(=O)c3[nH]nc(-c4c(C)cc(C)cc4O)c3C2c2ccc(OC)c(OC)c2)cc1. The average molecular weight is 514 g/mol. The van der Waals surface area contributed by atoms with Crippen molar-refractivity contribution in [2.75, 3.05) is 27.9 Å². The molecule has 4 aromatic rings. The van der Waals surface area contributed by atoms with Crippen molar-refractivity contribution in [3.63, 3.8) is 0 Å². The molecule has 1 atom stereocenters. The van der Waals surface area contributed by atoms with Gasteiger partial charge in [-0.05, 0) is 72.9 Å². The molecule has 3 aromatic carbocycles. The number of benzene rings is 3. The molecule has 2 heterocycles. The number of methoxy groups -OCH3 is 3. The molecule has 196 valence electrons. The maximum absolute atomic E-state index is 13.8. The van der Waals surface area contributed by atoms with Crippen LogP contribution in [-0.4, -0.2) is 54.0 Å². The molecule has 0 fully saturated rings. The van der Waals surface area contributed by atoms with E-state index in [0.717, 1.165) is 33.6 Å². The van der Waals surface area contributed by atoms with Gasteiger partial charge in [-0.25, -0.2) is 0 Å². The number of amides is 1. The van der Waals surface area contributed by atoms with E-state index in [1.807, 2.05) is 67.3 Å². The van der Waals surface area contributed by atoms with Crippen molar-refractivity contribution in [2.24, 2.45) is 0 Å². The summed E-state index contributed by atoms with van der Waals surface area (Å²) in [5, 5.41) is 18.4. The van der Waals surface area contributed by atoms with Gasteiger partial charge in [0, 0.05) is 17.7 Å². The van der Waals surface area contributed by atoms with Crippen LogP contribution in [0.25, 0.3) is 11.3 Å². The number of aromatic nitrogens is 2. The quantitative estimate of drug-likeness (QED) is 0.336. The molecule has 1 aliphatic rings. The fourth-order valence-electron chi connectivity index (χ4n) is 5.28. The first-order valence-corrected chi connectivity index (χ1v) is 12.4. The highest BCUT2D eigenvalue weighted by Crippen LogP contribution is 2.46. The third-order valence-electron chi connectivity index (χ3n) is 7.08. The number of aromatic amines is 1. The molecule has 8 heteroatoms. The van der Waals surface area contributed by atoms with E-state index >= 15 is 0 Å². The Kier molecular flexibility index (Phi) is 6.72. The van der Waals surface area contributed by atoms with Crippen LogP contribution in [-0.2, 0) is 6.42 Å². The van der Waals surface area contributed by atoms with E-state index in [1.54, 1.807) is 27.4 Å². The van der Waals surface area contributed by atoms with Gasteiger partial charge in [-0.3, -0.25) is 9.89 Å². The molecule has 0 spiro atoms. The van der Waals surface area contributed by atoms with Gasteiger partial charge < -0.3 is 24.2 Å². The van der Waals surface area contributed by atoms with Crippen LogP contribution >= 0.6 is 0 Å². The van der Waals surface area contributed by atoms with Crippen LogP contribution in [0, 0.1) is 13.8 Å². The van der Waals surface area contributed by atoms with Crippen molar-refractivity contribution in [2.45, 2.75) is 26.3 Å². The van der Waals surface area contributed by atoms with Crippen molar-refractivity contribution in [3.8, 4) is 34.3 Å². The average Bonchev–Trinajstić information content (AvgIpc) is 3.45. The first-order valence-electron chi connectivity index (χ1n) is 12.4. The highest BCUT2D eigenvalue weighted by atomic mass is 16.5. The van der Waals surface area contributed by atoms with Crippen molar-refractivity contribution >= 4 is 5.91 Å².